The molecule has 1 aliphatic heterocycles. The number of methoxy groups -OCH3 is 1. The zero-order valence-corrected chi connectivity index (χ0v) is 19.2. The molecule has 0 saturated carbocycles. The summed E-state index contributed by atoms with van der Waals surface area (Å²) >= 11 is 7.77. The first kappa shape index (κ1) is 21.8. The van der Waals surface area contributed by atoms with E-state index in [1.165, 1.54) is 5.56 Å². The lowest BCUT2D eigenvalue weighted by molar-refractivity contribution is -0.132. The Labute approximate surface area is 192 Å². The molecule has 0 aliphatic carbocycles. The molecule has 2 aromatic carbocycles. The van der Waals surface area contributed by atoms with Crippen LogP contribution in [-0.4, -0.2) is 54.0 Å². The lowest BCUT2D eigenvalue weighted by Gasteiger charge is -2.35. The lowest BCUT2D eigenvalue weighted by Crippen LogP contribution is -2.48. The number of nitrogens with zero attached hydrogens (tertiary/aromatic N) is 3. The molecule has 0 bridgehead atoms. The molecule has 31 heavy (non-hydrogen) atoms. The molecule has 1 fully saturated rings. The fourth-order valence-corrected chi connectivity index (χ4v) is 4.84. The van der Waals surface area contributed by atoms with Crippen LogP contribution < -0.4 is 4.74 Å². The first-order chi connectivity index (χ1) is 15.1. The van der Waals surface area contributed by atoms with Gasteiger partial charge in [0.15, 0.2) is 0 Å². The van der Waals surface area contributed by atoms with Gasteiger partial charge in [0.2, 0.25) is 5.91 Å². The van der Waals surface area contributed by atoms with Gasteiger partial charge in [-0.05, 0) is 23.8 Å². The minimum absolute atomic E-state index is 0.150. The van der Waals surface area contributed by atoms with Crippen LogP contribution in [0.4, 0.5) is 0 Å². The van der Waals surface area contributed by atoms with Crippen LogP contribution in [0.3, 0.4) is 0 Å². The molecule has 0 radical (unpaired) electrons. The van der Waals surface area contributed by atoms with Gasteiger partial charge in [0.25, 0.3) is 0 Å². The van der Waals surface area contributed by atoms with Gasteiger partial charge < -0.3 is 9.64 Å². The van der Waals surface area contributed by atoms with Crippen molar-refractivity contribution in [3.05, 3.63) is 80.8 Å². The Morgan fingerprint density at radius 3 is 2.65 bits per heavy atom. The number of hydrogen-bond acceptors (Lipinski definition) is 5. The number of carbonyl (C=O) groups is 1. The van der Waals surface area contributed by atoms with Crippen molar-refractivity contribution in [1.29, 1.82) is 0 Å². The van der Waals surface area contributed by atoms with Crippen LogP contribution in [0.15, 0.2) is 53.9 Å². The van der Waals surface area contributed by atoms with Gasteiger partial charge in [-0.25, -0.2) is 4.98 Å². The van der Waals surface area contributed by atoms with Crippen molar-refractivity contribution in [3.8, 4) is 5.75 Å². The molecule has 1 aliphatic rings. The van der Waals surface area contributed by atoms with E-state index in [4.69, 9.17) is 16.3 Å². The van der Waals surface area contributed by atoms with Crippen LogP contribution in [0.2, 0.25) is 5.02 Å². The average molecular weight is 456 g/mol. The summed E-state index contributed by atoms with van der Waals surface area (Å²) in [6.45, 7) is 3.88. The maximum Gasteiger partial charge on any atom is 0.228 e. The summed E-state index contributed by atoms with van der Waals surface area (Å²) < 4.78 is 5.45. The smallest absolute Gasteiger partial charge is 0.228 e. The normalized spacial score (nSPS) is 14.6. The maximum atomic E-state index is 12.8. The molecule has 3 aromatic rings. The van der Waals surface area contributed by atoms with Gasteiger partial charge in [0.05, 0.1) is 24.2 Å². The van der Waals surface area contributed by atoms with Crippen LogP contribution in [-0.2, 0) is 24.2 Å². The summed E-state index contributed by atoms with van der Waals surface area (Å²) in [5, 5.41) is 3.77. The van der Waals surface area contributed by atoms with Crippen LogP contribution in [0.5, 0.6) is 5.75 Å². The monoisotopic (exact) mass is 455 g/mol. The van der Waals surface area contributed by atoms with E-state index >= 15 is 0 Å². The van der Waals surface area contributed by atoms with Gasteiger partial charge in [0, 0.05) is 55.1 Å². The number of amides is 1. The van der Waals surface area contributed by atoms with Crippen molar-refractivity contribution in [2.24, 2.45) is 0 Å². The molecule has 4 rings (SSSR count). The minimum Gasteiger partial charge on any atom is -0.496 e. The Bertz CT molecular complexity index is 1020. The van der Waals surface area contributed by atoms with Gasteiger partial charge in [-0.2, -0.15) is 0 Å². The highest BCUT2D eigenvalue weighted by atomic mass is 35.5. The zero-order valence-electron chi connectivity index (χ0n) is 17.6. The zero-order chi connectivity index (χ0) is 21.6. The lowest BCUT2D eigenvalue weighted by atomic mass is 10.1. The van der Waals surface area contributed by atoms with Crippen LogP contribution in [0, 0.1) is 0 Å². The topological polar surface area (TPSA) is 45.7 Å². The Hall–Kier alpha value is -2.41. The third kappa shape index (κ3) is 5.85. The van der Waals surface area contributed by atoms with Crippen LogP contribution in [0.25, 0.3) is 0 Å². The van der Waals surface area contributed by atoms with Gasteiger partial charge in [-0.3, -0.25) is 9.69 Å². The molecule has 0 unspecified atom stereocenters. The Kier molecular flexibility index (Phi) is 7.22. The predicted molar refractivity (Wildman–Crippen MR) is 125 cm³/mol. The van der Waals surface area contributed by atoms with E-state index < -0.39 is 0 Å². The molecular weight excluding hydrogens is 430 g/mol. The van der Waals surface area contributed by atoms with E-state index in [1.54, 1.807) is 18.4 Å². The van der Waals surface area contributed by atoms with Crippen molar-refractivity contribution in [3.63, 3.8) is 0 Å². The van der Waals surface area contributed by atoms with Gasteiger partial charge in [-0.15, -0.1) is 11.3 Å². The van der Waals surface area contributed by atoms with Crippen molar-refractivity contribution in [2.45, 2.75) is 19.4 Å². The summed E-state index contributed by atoms with van der Waals surface area (Å²) in [5.74, 6) is 0.995. The number of thiazole rings is 1. The summed E-state index contributed by atoms with van der Waals surface area (Å²) in [7, 11) is 1.67. The number of carbonyl (C=O) groups excluding carboxylic acids is 1. The van der Waals surface area contributed by atoms with Gasteiger partial charge in [0.1, 0.15) is 5.75 Å². The fraction of sp³-hybridized carbons (Fsp3) is 0.333. The predicted octanol–water partition coefficient (Wildman–Crippen LogP) is 4.28. The largest absolute Gasteiger partial charge is 0.496 e. The third-order valence-corrected chi connectivity index (χ3v) is 6.62. The first-order valence-corrected chi connectivity index (χ1v) is 11.7. The Morgan fingerprint density at radius 1 is 1.13 bits per heavy atom. The quantitative estimate of drug-likeness (QED) is 0.533. The molecule has 5 nitrogen and oxygen atoms in total. The van der Waals surface area contributed by atoms with E-state index in [9.17, 15) is 4.79 Å². The molecule has 1 amide bonds. The Balaban J connectivity index is 1.27. The molecule has 0 N–H and O–H groups in total. The third-order valence-electron chi connectivity index (χ3n) is 5.49. The van der Waals surface area contributed by atoms with E-state index in [-0.39, 0.29) is 5.91 Å². The maximum absolute atomic E-state index is 12.8. The standard InChI is InChI=1S/C24H26ClN3O2S/c1-30-22-8-7-20(25)14-19(22)16-27-9-11-28(12-10-27)24(29)15-21-17-31-23(26-21)13-18-5-3-2-4-6-18/h2-8,14,17H,9-13,15-16H2,1H3. The Morgan fingerprint density at radius 2 is 1.90 bits per heavy atom. The van der Waals surface area contributed by atoms with Crippen molar-refractivity contribution in [1.82, 2.24) is 14.8 Å². The first-order valence-electron chi connectivity index (χ1n) is 10.4. The highest BCUT2D eigenvalue weighted by Crippen LogP contribution is 2.24. The number of hydrogen-bond donors (Lipinski definition) is 0. The molecule has 2 heterocycles. The molecule has 0 atom stereocenters. The van der Waals surface area contributed by atoms with E-state index in [0.717, 1.165) is 61.2 Å². The molecule has 1 saturated heterocycles. The summed E-state index contributed by atoms with van der Waals surface area (Å²) in [6, 6.07) is 16.0. The second kappa shape index (κ2) is 10.3. The SMILES string of the molecule is COc1ccc(Cl)cc1CN1CCN(C(=O)Cc2csc(Cc3ccccc3)n2)CC1. The van der Waals surface area contributed by atoms with E-state index in [0.29, 0.717) is 11.4 Å². The number of ether oxygens (including phenoxy) is 1. The summed E-state index contributed by atoms with van der Waals surface area (Å²) in [4.78, 5) is 21.7. The minimum atomic E-state index is 0.150. The number of rotatable bonds is 7. The number of halogens is 1. The number of aromatic nitrogens is 1. The van der Waals surface area contributed by atoms with Crippen molar-refractivity contribution in [2.75, 3.05) is 33.3 Å². The second-order valence-corrected chi connectivity index (χ2v) is 9.06. The molecular formula is C24H26ClN3O2S. The summed E-state index contributed by atoms with van der Waals surface area (Å²) in [5.41, 5.74) is 3.18. The number of piperazine rings is 1. The van der Waals surface area contributed by atoms with E-state index in [2.05, 4.69) is 22.0 Å². The summed E-state index contributed by atoms with van der Waals surface area (Å²) in [6.07, 6.45) is 1.18. The van der Waals surface area contributed by atoms with Crippen molar-refractivity contribution >= 4 is 28.8 Å². The van der Waals surface area contributed by atoms with E-state index in [1.807, 2.05) is 46.7 Å². The highest BCUT2D eigenvalue weighted by molar-refractivity contribution is 7.09. The number of benzene rings is 2. The van der Waals surface area contributed by atoms with Crippen molar-refractivity contribution < 1.29 is 9.53 Å². The van der Waals surface area contributed by atoms with Crippen LogP contribution >= 0.6 is 22.9 Å². The van der Waals surface area contributed by atoms with Gasteiger partial charge >= 0.3 is 0 Å². The average Bonchev–Trinajstić information content (AvgIpc) is 3.21. The van der Waals surface area contributed by atoms with Crippen LogP contribution in [0.1, 0.15) is 21.8 Å². The molecule has 1 aromatic heterocycles. The van der Waals surface area contributed by atoms with Gasteiger partial charge in [-0.1, -0.05) is 41.9 Å². The molecule has 0 spiro atoms. The molecule has 7 heteroatoms. The fourth-order valence-electron chi connectivity index (χ4n) is 3.82. The second-order valence-electron chi connectivity index (χ2n) is 7.68. The highest BCUT2D eigenvalue weighted by Gasteiger charge is 2.22. The molecule has 162 valence electrons.